The molecule has 0 bridgehead atoms. The van der Waals surface area contributed by atoms with Crippen LogP contribution in [0.15, 0.2) is 42.6 Å². The van der Waals surface area contributed by atoms with Crippen molar-refractivity contribution in [2.75, 3.05) is 6.54 Å². The number of fused-ring (bicyclic) bond motifs is 1. The summed E-state index contributed by atoms with van der Waals surface area (Å²) in [6.45, 7) is 0.386. The lowest BCUT2D eigenvalue weighted by Crippen LogP contribution is -2.34. The van der Waals surface area contributed by atoms with Gasteiger partial charge in [-0.3, -0.25) is 4.79 Å². The van der Waals surface area contributed by atoms with E-state index in [4.69, 9.17) is 4.74 Å². The number of pyridine rings is 1. The Bertz CT molecular complexity index is 620. The molecule has 0 radical (unpaired) electrons. The summed E-state index contributed by atoms with van der Waals surface area (Å²) in [6, 6.07) is 10.4. The number of carbonyl (C=O) groups excluding carboxylic acids is 1. The van der Waals surface area contributed by atoms with Crippen LogP contribution in [0.3, 0.4) is 0 Å². The van der Waals surface area contributed by atoms with Gasteiger partial charge in [-0.05, 0) is 17.7 Å². The maximum atomic E-state index is 12.9. The zero-order chi connectivity index (χ0) is 13.9. The fourth-order valence-electron chi connectivity index (χ4n) is 2.22. The van der Waals surface area contributed by atoms with Gasteiger partial charge >= 0.3 is 0 Å². The number of rotatable bonds is 3. The molecular weight excluding hydrogens is 259 g/mol. The smallest absolute Gasteiger partial charge is 0.251 e. The van der Waals surface area contributed by atoms with Crippen molar-refractivity contribution in [2.24, 2.45) is 0 Å². The highest BCUT2D eigenvalue weighted by atomic mass is 19.1. The van der Waals surface area contributed by atoms with Crippen molar-refractivity contribution in [3.63, 3.8) is 0 Å². The predicted octanol–water partition coefficient (Wildman–Crippen LogP) is 1.95. The molecule has 1 aliphatic heterocycles. The molecule has 102 valence electrons. The standard InChI is InChI=1S/C15H13FN2O2/c16-14-8-11(5-6-17-14)15(19)18-9-12-7-10-3-1-2-4-13(10)20-12/h1-6,8,12H,7,9H2,(H,18,19). The topological polar surface area (TPSA) is 51.2 Å². The molecule has 4 nitrogen and oxygen atoms in total. The Kier molecular flexibility index (Phi) is 3.33. The number of aromatic nitrogens is 1. The summed E-state index contributed by atoms with van der Waals surface area (Å²) in [5.41, 5.74) is 1.40. The quantitative estimate of drug-likeness (QED) is 0.869. The monoisotopic (exact) mass is 272 g/mol. The highest BCUT2D eigenvalue weighted by molar-refractivity contribution is 5.94. The van der Waals surface area contributed by atoms with Crippen molar-refractivity contribution in [3.8, 4) is 5.75 Å². The molecule has 0 spiro atoms. The van der Waals surface area contributed by atoms with Crippen molar-refractivity contribution in [2.45, 2.75) is 12.5 Å². The molecule has 3 rings (SSSR count). The first kappa shape index (κ1) is 12.6. The van der Waals surface area contributed by atoms with Gasteiger partial charge in [-0.15, -0.1) is 0 Å². The summed E-state index contributed by atoms with van der Waals surface area (Å²) >= 11 is 0. The fraction of sp³-hybridized carbons (Fsp3) is 0.200. The van der Waals surface area contributed by atoms with Gasteiger partial charge in [0, 0.05) is 24.2 Å². The van der Waals surface area contributed by atoms with E-state index in [9.17, 15) is 9.18 Å². The second-order valence-corrected chi connectivity index (χ2v) is 4.63. The van der Waals surface area contributed by atoms with Crippen molar-refractivity contribution < 1.29 is 13.9 Å². The van der Waals surface area contributed by atoms with E-state index in [1.54, 1.807) is 0 Å². The number of amides is 1. The third-order valence-electron chi connectivity index (χ3n) is 3.19. The van der Waals surface area contributed by atoms with Gasteiger partial charge < -0.3 is 10.1 Å². The van der Waals surface area contributed by atoms with Crippen LogP contribution in [0.25, 0.3) is 0 Å². The minimum absolute atomic E-state index is 0.0805. The number of nitrogens with one attached hydrogen (secondary N) is 1. The minimum Gasteiger partial charge on any atom is -0.488 e. The van der Waals surface area contributed by atoms with E-state index < -0.39 is 5.95 Å². The first-order chi connectivity index (χ1) is 9.72. The van der Waals surface area contributed by atoms with Crippen molar-refractivity contribution in [3.05, 3.63) is 59.7 Å². The number of hydrogen-bond donors (Lipinski definition) is 1. The van der Waals surface area contributed by atoms with Crippen LogP contribution in [-0.4, -0.2) is 23.5 Å². The van der Waals surface area contributed by atoms with E-state index >= 15 is 0 Å². The van der Waals surface area contributed by atoms with E-state index in [0.29, 0.717) is 6.54 Å². The maximum absolute atomic E-state index is 12.9. The van der Waals surface area contributed by atoms with Gasteiger partial charge in [0.05, 0.1) is 6.54 Å². The molecular formula is C15H13FN2O2. The van der Waals surface area contributed by atoms with Crippen LogP contribution in [-0.2, 0) is 6.42 Å². The Hall–Kier alpha value is -2.43. The molecule has 2 aromatic rings. The van der Waals surface area contributed by atoms with Crippen LogP contribution in [0, 0.1) is 5.95 Å². The number of ether oxygens (including phenoxy) is 1. The SMILES string of the molecule is O=C(NCC1Cc2ccccc2O1)c1ccnc(F)c1. The van der Waals surface area contributed by atoms with Crippen LogP contribution in [0.4, 0.5) is 4.39 Å². The highest BCUT2D eigenvalue weighted by Crippen LogP contribution is 2.27. The van der Waals surface area contributed by atoms with E-state index in [-0.39, 0.29) is 17.6 Å². The Morgan fingerprint density at radius 1 is 1.40 bits per heavy atom. The van der Waals surface area contributed by atoms with E-state index in [1.807, 2.05) is 24.3 Å². The third kappa shape index (κ3) is 2.61. The van der Waals surface area contributed by atoms with Gasteiger partial charge in [0.15, 0.2) is 0 Å². The lowest BCUT2D eigenvalue weighted by atomic mass is 10.1. The molecule has 2 heterocycles. The van der Waals surface area contributed by atoms with E-state index in [2.05, 4.69) is 10.3 Å². The molecule has 0 saturated carbocycles. The molecule has 20 heavy (non-hydrogen) atoms. The number of carbonyl (C=O) groups is 1. The van der Waals surface area contributed by atoms with Crippen molar-refractivity contribution >= 4 is 5.91 Å². The van der Waals surface area contributed by atoms with Gasteiger partial charge in [-0.25, -0.2) is 4.98 Å². The Balaban J connectivity index is 1.58. The normalized spacial score (nSPS) is 16.4. The largest absolute Gasteiger partial charge is 0.488 e. The fourth-order valence-corrected chi connectivity index (χ4v) is 2.22. The molecule has 1 unspecified atom stereocenters. The molecule has 0 fully saturated rings. The molecule has 1 aliphatic rings. The summed E-state index contributed by atoms with van der Waals surface area (Å²) < 4.78 is 18.6. The van der Waals surface area contributed by atoms with Crippen LogP contribution in [0.2, 0.25) is 0 Å². The zero-order valence-electron chi connectivity index (χ0n) is 10.7. The van der Waals surface area contributed by atoms with Crippen LogP contribution in [0.1, 0.15) is 15.9 Å². The van der Waals surface area contributed by atoms with E-state index in [1.165, 1.54) is 12.3 Å². The van der Waals surface area contributed by atoms with Crippen molar-refractivity contribution in [1.82, 2.24) is 10.3 Å². The molecule has 0 saturated heterocycles. The van der Waals surface area contributed by atoms with Crippen molar-refractivity contribution in [1.29, 1.82) is 0 Å². The first-order valence-corrected chi connectivity index (χ1v) is 6.37. The number of para-hydroxylation sites is 1. The lowest BCUT2D eigenvalue weighted by molar-refractivity contribution is 0.0933. The van der Waals surface area contributed by atoms with Gasteiger partial charge in [-0.1, -0.05) is 18.2 Å². The summed E-state index contributed by atoms with van der Waals surface area (Å²) in [5, 5.41) is 2.74. The number of benzene rings is 1. The average molecular weight is 272 g/mol. The molecule has 0 aliphatic carbocycles. The molecule has 1 aromatic carbocycles. The van der Waals surface area contributed by atoms with Crippen LogP contribution >= 0.6 is 0 Å². The first-order valence-electron chi connectivity index (χ1n) is 6.37. The average Bonchev–Trinajstić information content (AvgIpc) is 2.87. The maximum Gasteiger partial charge on any atom is 0.251 e. The van der Waals surface area contributed by atoms with E-state index in [0.717, 1.165) is 23.8 Å². The molecule has 5 heteroatoms. The number of nitrogens with zero attached hydrogens (tertiary/aromatic N) is 1. The number of halogens is 1. The zero-order valence-corrected chi connectivity index (χ0v) is 10.7. The van der Waals surface area contributed by atoms with Crippen LogP contribution < -0.4 is 10.1 Å². The lowest BCUT2D eigenvalue weighted by Gasteiger charge is -2.11. The summed E-state index contributed by atoms with van der Waals surface area (Å²) in [5.74, 6) is -0.130. The number of hydrogen-bond acceptors (Lipinski definition) is 3. The summed E-state index contributed by atoms with van der Waals surface area (Å²) in [4.78, 5) is 15.3. The molecule has 1 atom stereocenters. The minimum atomic E-state index is -0.665. The Morgan fingerprint density at radius 2 is 2.25 bits per heavy atom. The van der Waals surface area contributed by atoms with Gasteiger partial charge in [-0.2, -0.15) is 4.39 Å². The van der Waals surface area contributed by atoms with Gasteiger partial charge in [0.1, 0.15) is 11.9 Å². The summed E-state index contributed by atoms with van der Waals surface area (Å²) in [7, 11) is 0. The van der Waals surface area contributed by atoms with Crippen LogP contribution in [0.5, 0.6) is 5.75 Å². The molecule has 1 amide bonds. The Morgan fingerprint density at radius 3 is 3.05 bits per heavy atom. The predicted molar refractivity (Wildman–Crippen MR) is 71.1 cm³/mol. The van der Waals surface area contributed by atoms with Gasteiger partial charge in [0.2, 0.25) is 5.95 Å². The summed E-state index contributed by atoms with van der Waals surface area (Å²) in [6.07, 6.45) is 1.95. The highest BCUT2D eigenvalue weighted by Gasteiger charge is 2.22. The molecule has 1 aromatic heterocycles. The second-order valence-electron chi connectivity index (χ2n) is 4.63. The van der Waals surface area contributed by atoms with Gasteiger partial charge in [0.25, 0.3) is 5.91 Å². The molecule has 1 N–H and O–H groups in total. The second kappa shape index (κ2) is 5.28. The Labute approximate surface area is 115 Å². The third-order valence-corrected chi connectivity index (χ3v) is 3.19.